The largest absolute Gasteiger partial charge is 0.419 e. The number of hydrogen-bond acceptors (Lipinski definition) is 3. The average Bonchev–Trinajstić information content (AvgIpc) is 2.03. The Labute approximate surface area is 82.9 Å². The summed E-state index contributed by atoms with van der Waals surface area (Å²) < 4.78 is 11.3. The van der Waals surface area contributed by atoms with E-state index in [-0.39, 0.29) is 5.60 Å². The Kier molecular flexibility index (Phi) is 5.13. The van der Waals surface area contributed by atoms with Gasteiger partial charge in [0.1, 0.15) is 0 Å². The van der Waals surface area contributed by atoms with Crippen molar-refractivity contribution in [3.05, 3.63) is 0 Å². The van der Waals surface area contributed by atoms with Crippen LogP contribution in [0.5, 0.6) is 0 Å². The Bertz CT molecular complexity index is 147. The molecule has 0 radical (unpaired) electrons. The van der Waals surface area contributed by atoms with Crippen LogP contribution in [0.25, 0.3) is 0 Å². The van der Waals surface area contributed by atoms with E-state index in [1.54, 1.807) is 0 Å². The summed E-state index contributed by atoms with van der Waals surface area (Å²) in [6, 6.07) is 0. The van der Waals surface area contributed by atoms with Crippen LogP contribution >= 0.6 is 0 Å². The third kappa shape index (κ3) is 4.76. The first-order valence-electron chi connectivity index (χ1n) is 5.02. The molecule has 0 aromatic rings. The summed E-state index contributed by atoms with van der Waals surface area (Å²) in [5.74, 6) is 0. The van der Waals surface area contributed by atoms with E-state index in [1.807, 2.05) is 13.5 Å². The van der Waals surface area contributed by atoms with Gasteiger partial charge in [0, 0.05) is 6.61 Å². The number of nitrogens with two attached hydrogens (primary N) is 1. The molecule has 0 aliphatic heterocycles. The van der Waals surface area contributed by atoms with Crippen molar-refractivity contribution in [2.75, 3.05) is 6.61 Å². The van der Waals surface area contributed by atoms with Gasteiger partial charge in [0.25, 0.3) is 0 Å². The molecule has 0 heterocycles. The lowest BCUT2D eigenvalue weighted by molar-refractivity contribution is 0.0315. The molecule has 0 saturated carbocycles. The van der Waals surface area contributed by atoms with Crippen LogP contribution in [0.15, 0.2) is 0 Å². The van der Waals surface area contributed by atoms with Crippen LogP contribution in [0.4, 0.5) is 0 Å². The highest BCUT2D eigenvalue weighted by molar-refractivity contribution is 6.62. The predicted molar refractivity (Wildman–Crippen MR) is 57.5 cm³/mol. The van der Waals surface area contributed by atoms with Crippen molar-refractivity contribution in [2.24, 2.45) is 5.40 Å². The molecule has 0 aromatic carbocycles. The van der Waals surface area contributed by atoms with E-state index in [4.69, 9.17) is 14.3 Å². The van der Waals surface area contributed by atoms with Crippen molar-refractivity contribution in [1.82, 2.24) is 0 Å². The van der Waals surface area contributed by atoms with E-state index in [9.17, 15) is 0 Å². The number of rotatable bonds is 6. The van der Waals surface area contributed by atoms with E-state index < -0.39 is 8.72 Å². The first-order valence-corrected chi connectivity index (χ1v) is 7.41. The lowest BCUT2D eigenvalue weighted by atomic mass is 10.0. The first-order chi connectivity index (χ1) is 5.89. The fourth-order valence-electron chi connectivity index (χ4n) is 1.20. The smallest absolute Gasteiger partial charge is 0.383 e. The van der Waals surface area contributed by atoms with Gasteiger partial charge in [-0.25, -0.2) is 0 Å². The fraction of sp³-hybridized carbons (Fsp3) is 1.00. The molecule has 0 bridgehead atoms. The quantitative estimate of drug-likeness (QED) is 0.676. The molecular weight excluding hydrogens is 182 g/mol. The first kappa shape index (κ1) is 13.1. The van der Waals surface area contributed by atoms with E-state index in [2.05, 4.69) is 20.8 Å². The van der Waals surface area contributed by atoms with Crippen molar-refractivity contribution >= 4 is 8.72 Å². The summed E-state index contributed by atoms with van der Waals surface area (Å²) in [6.45, 7) is 10.8. The molecule has 2 N–H and O–H groups in total. The summed E-state index contributed by atoms with van der Waals surface area (Å²) in [7, 11) is -2.38. The van der Waals surface area contributed by atoms with Crippen molar-refractivity contribution in [3.63, 3.8) is 0 Å². The van der Waals surface area contributed by atoms with Gasteiger partial charge < -0.3 is 14.3 Å². The molecule has 1 atom stereocenters. The Balaban J connectivity index is 4.21. The Morgan fingerprint density at radius 2 is 1.69 bits per heavy atom. The molecule has 13 heavy (non-hydrogen) atoms. The maximum Gasteiger partial charge on any atom is 0.419 e. The minimum Gasteiger partial charge on any atom is -0.383 e. The normalized spacial score (nSPS) is 17.1. The van der Waals surface area contributed by atoms with Crippen LogP contribution in [0.1, 0.15) is 40.5 Å². The third-order valence-corrected chi connectivity index (χ3v) is 4.14. The van der Waals surface area contributed by atoms with Gasteiger partial charge in [-0.15, -0.1) is 0 Å². The van der Waals surface area contributed by atoms with Gasteiger partial charge in [-0.2, -0.15) is 0 Å². The Morgan fingerprint density at radius 1 is 1.23 bits per heavy atom. The van der Waals surface area contributed by atoms with Crippen LogP contribution in [-0.4, -0.2) is 20.9 Å². The van der Waals surface area contributed by atoms with Gasteiger partial charge in [0.05, 0.1) is 5.60 Å². The number of hydrogen-bond donors (Lipinski definition) is 1. The molecule has 1 unspecified atom stereocenters. The molecule has 0 aromatic heterocycles. The van der Waals surface area contributed by atoms with E-state index in [0.717, 1.165) is 12.8 Å². The molecule has 0 rings (SSSR count). The molecule has 0 spiro atoms. The Hall–Kier alpha value is 0.0969. The molecule has 80 valence electrons. The lowest BCUT2D eigenvalue weighted by Crippen LogP contribution is -2.54. The highest BCUT2D eigenvalue weighted by Crippen LogP contribution is 2.22. The van der Waals surface area contributed by atoms with Crippen LogP contribution in [-0.2, 0) is 8.85 Å². The second kappa shape index (κ2) is 5.10. The monoisotopic (exact) mass is 205 g/mol. The lowest BCUT2D eigenvalue weighted by Gasteiger charge is -2.34. The van der Waals surface area contributed by atoms with Crippen LogP contribution < -0.4 is 5.40 Å². The maximum atomic E-state index is 5.96. The zero-order chi connectivity index (χ0) is 10.5. The molecule has 0 saturated heterocycles. The highest BCUT2D eigenvalue weighted by Gasteiger charge is 2.34. The average molecular weight is 205 g/mol. The summed E-state index contributed by atoms with van der Waals surface area (Å²) in [4.78, 5) is 0. The minimum absolute atomic E-state index is 0.120. The molecule has 0 aliphatic carbocycles. The third-order valence-electron chi connectivity index (χ3n) is 2.38. The van der Waals surface area contributed by atoms with Crippen molar-refractivity contribution in [3.8, 4) is 0 Å². The standard InChI is InChI=1S/C9H23NO2Si/c1-6-9(4,7-2)12-13(5,10)11-8-3/h6-8,10H2,1-5H3. The molecule has 4 heteroatoms. The summed E-state index contributed by atoms with van der Waals surface area (Å²) in [5.41, 5.74) is -0.120. The van der Waals surface area contributed by atoms with E-state index in [0.29, 0.717) is 6.61 Å². The molecular formula is C9H23NO2Si. The van der Waals surface area contributed by atoms with Crippen molar-refractivity contribution in [2.45, 2.75) is 52.7 Å². The van der Waals surface area contributed by atoms with E-state index in [1.165, 1.54) is 0 Å². The van der Waals surface area contributed by atoms with Crippen LogP contribution in [0, 0.1) is 0 Å². The van der Waals surface area contributed by atoms with Crippen LogP contribution in [0.3, 0.4) is 0 Å². The van der Waals surface area contributed by atoms with Crippen molar-refractivity contribution in [1.29, 1.82) is 0 Å². The SMILES string of the molecule is CCO[Si](C)(N)OC(C)(CC)CC. The van der Waals surface area contributed by atoms with Gasteiger partial charge >= 0.3 is 8.72 Å². The van der Waals surface area contributed by atoms with Gasteiger partial charge in [0.15, 0.2) is 0 Å². The zero-order valence-corrected chi connectivity index (χ0v) is 10.5. The summed E-state index contributed by atoms with van der Waals surface area (Å²) in [5, 5.41) is 5.96. The van der Waals surface area contributed by atoms with Gasteiger partial charge in [0.2, 0.25) is 0 Å². The Morgan fingerprint density at radius 3 is 2.00 bits per heavy atom. The molecule has 3 nitrogen and oxygen atoms in total. The fourth-order valence-corrected chi connectivity index (χ4v) is 3.10. The zero-order valence-electron chi connectivity index (χ0n) is 9.52. The second-order valence-corrected chi connectivity index (χ2v) is 6.23. The molecule has 0 amide bonds. The summed E-state index contributed by atoms with van der Waals surface area (Å²) >= 11 is 0. The minimum atomic E-state index is -2.38. The van der Waals surface area contributed by atoms with Gasteiger partial charge in [-0.1, -0.05) is 13.8 Å². The van der Waals surface area contributed by atoms with Crippen molar-refractivity contribution < 1.29 is 8.85 Å². The molecule has 0 aliphatic rings. The maximum absolute atomic E-state index is 5.96. The molecule has 0 fully saturated rings. The van der Waals surface area contributed by atoms with Gasteiger partial charge in [-0.3, -0.25) is 0 Å². The summed E-state index contributed by atoms with van der Waals surface area (Å²) in [6.07, 6.45) is 1.94. The van der Waals surface area contributed by atoms with Gasteiger partial charge in [-0.05, 0) is 33.2 Å². The second-order valence-electron chi connectivity index (χ2n) is 3.71. The highest BCUT2D eigenvalue weighted by atomic mass is 28.4. The predicted octanol–water partition coefficient (Wildman–Crippen LogP) is 2.15. The van der Waals surface area contributed by atoms with E-state index >= 15 is 0 Å². The van der Waals surface area contributed by atoms with Crippen LogP contribution in [0.2, 0.25) is 6.55 Å². The topological polar surface area (TPSA) is 44.5 Å².